The van der Waals surface area contributed by atoms with E-state index in [0.29, 0.717) is 26.6 Å². The van der Waals surface area contributed by atoms with Gasteiger partial charge in [-0.15, -0.1) is 11.3 Å². The number of methoxy groups -OCH3 is 1. The van der Waals surface area contributed by atoms with Crippen LogP contribution in [-0.2, 0) is 13.0 Å². The lowest BCUT2D eigenvalue weighted by Crippen LogP contribution is -2.00. The predicted octanol–water partition coefficient (Wildman–Crippen LogP) is 8.14. The van der Waals surface area contributed by atoms with E-state index in [2.05, 4.69) is 6.92 Å². The molecular formula is C24H21Cl3O3S. The number of halogens is 3. The van der Waals surface area contributed by atoms with E-state index in [1.54, 1.807) is 42.7 Å². The van der Waals surface area contributed by atoms with Gasteiger partial charge in [0.05, 0.1) is 27.1 Å². The van der Waals surface area contributed by atoms with Gasteiger partial charge < -0.3 is 9.47 Å². The number of ether oxygens (including phenoxy) is 2. The topological polar surface area (TPSA) is 35.5 Å². The number of allylic oxidation sites excluding steroid dienone is 1. The molecule has 3 rings (SSSR count). The number of thiophene rings is 1. The van der Waals surface area contributed by atoms with Crippen LogP contribution in [0.15, 0.2) is 48.5 Å². The van der Waals surface area contributed by atoms with Gasteiger partial charge in [-0.1, -0.05) is 60.3 Å². The highest BCUT2D eigenvalue weighted by atomic mass is 35.5. The van der Waals surface area contributed by atoms with Crippen LogP contribution in [0.25, 0.3) is 6.08 Å². The minimum absolute atomic E-state index is 0.0106. The fourth-order valence-electron chi connectivity index (χ4n) is 2.93. The molecule has 0 amide bonds. The second-order valence-corrected chi connectivity index (χ2v) is 9.16. The van der Waals surface area contributed by atoms with Crippen molar-refractivity contribution < 1.29 is 14.3 Å². The van der Waals surface area contributed by atoms with Crippen molar-refractivity contribution in [3.05, 3.63) is 84.5 Å². The van der Waals surface area contributed by atoms with Crippen molar-refractivity contribution in [2.75, 3.05) is 7.11 Å². The molecule has 1 aromatic heterocycles. The highest BCUT2D eigenvalue weighted by Crippen LogP contribution is 2.35. The molecule has 2 aromatic carbocycles. The summed E-state index contributed by atoms with van der Waals surface area (Å²) in [5.41, 5.74) is 1.67. The quantitative estimate of drug-likeness (QED) is 0.171. The Morgan fingerprint density at radius 3 is 2.52 bits per heavy atom. The molecule has 1 heterocycles. The van der Waals surface area contributed by atoms with Crippen molar-refractivity contribution in [2.24, 2.45) is 0 Å². The molecule has 3 nitrogen and oxygen atoms in total. The van der Waals surface area contributed by atoms with Crippen LogP contribution in [0.4, 0.5) is 0 Å². The molecule has 0 fully saturated rings. The van der Waals surface area contributed by atoms with E-state index >= 15 is 0 Å². The van der Waals surface area contributed by atoms with Gasteiger partial charge in [0.25, 0.3) is 0 Å². The zero-order valence-corrected chi connectivity index (χ0v) is 20.2. The fraction of sp³-hybridized carbons (Fsp3) is 0.208. The van der Waals surface area contributed by atoms with Crippen LogP contribution in [-0.4, -0.2) is 12.9 Å². The lowest BCUT2D eigenvalue weighted by atomic mass is 10.1. The van der Waals surface area contributed by atoms with E-state index in [1.807, 2.05) is 30.3 Å². The van der Waals surface area contributed by atoms with Gasteiger partial charge in [-0.05, 0) is 48.4 Å². The zero-order chi connectivity index (χ0) is 22.4. The van der Waals surface area contributed by atoms with Gasteiger partial charge in [0, 0.05) is 16.5 Å². The third-order valence-electron chi connectivity index (χ3n) is 4.49. The van der Waals surface area contributed by atoms with E-state index in [4.69, 9.17) is 44.3 Å². The van der Waals surface area contributed by atoms with Gasteiger partial charge in [0.1, 0.15) is 18.1 Å². The first kappa shape index (κ1) is 23.7. The molecule has 0 unspecified atom stereocenters. The summed E-state index contributed by atoms with van der Waals surface area (Å²) in [7, 11) is 1.59. The number of benzene rings is 2. The van der Waals surface area contributed by atoms with E-state index in [9.17, 15) is 4.79 Å². The minimum atomic E-state index is -0.0106. The van der Waals surface area contributed by atoms with Gasteiger partial charge in [0.2, 0.25) is 0 Å². The normalized spacial score (nSPS) is 11.1. The third-order valence-corrected chi connectivity index (χ3v) is 6.67. The number of ketones is 1. The van der Waals surface area contributed by atoms with Crippen LogP contribution >= 0.6 is 46.1 Å². The second kappa shape index (κ2) is 11.1. The molecule has 31 heavy (non-hydrogen) atoms. The van der Waals surface area contributed by atoms with E-state index in [0.717, 1.165) is 28.8 Å². The monoisotopic (exact) mass is 494 g/mol. The van der Waals surface area contributed by atoms with Gasteiger partial charge in [-0.25, -0.2) is 0 Å². The molecule has 0 aliphatic rings. The molecule has 0 aliphatic heterocycles. The maximum atomic E-state index is 12.5. The minimum Gasteiger partial charge on any atom is -0.496 e. The first-order valence-corrected chi connectivity index (χ1v) is 11.6. The first-order chi connectivity index (χ1) is 14.9. The molecule has 7 heteroatoms. The van der Waals surface area contributed by atoms with Crippen LogP contribution in [0.2, 0.25) is 15.1 Å². The molecule has 3 aromatic rings. The maximum Gasteiger partial charge on any atom is 0.195 e. The van der Waals surface area contributed by atoms with Crippen molar-refractivity contribution in [1.82, 2.24) is 0 Å². The molecule has 0 saturated carbocycles. The maximum absolute atomic E-state index is 12.5. The van der Waals surface area contributed by atoms with E-state index in [-0.39, 0.29) is 12.4 Å². The lowest BCUT2D eigenvalue weighted by Gasteiger charge is -2.13. The van der Waals surface area contributed by atoms with Gasteiger partial charge in [0.15, 0.2) is 5.78 Å². The highest BCUT2D eigenvalue weighted by molar-refractivity contribution is 7.14. The average molecular weight is 496 g/mol. The number of rotatable bonds is 9. The standard InChI is InChI=1S/C24H21Cl3O3S/c1-3-4-17-7-10-24(31-17)21(28)8-5-15-6-9-22(29-2)16(11-15)14-30-23-13-19(26)18(25)12-20(23)27/h5-13H,3-4,14H2,1-2H3/b8-5+. The first-order valence-electron chi connectivity index (χ1n) is 9.66. The summed E-state index contributed by atoms with van der Waals surface area (Å²) < 4.78 is 11.3. The number of hydrogen-bond donors (Lipinski definition) is 0. The summed E-state index contributed by atoms with van der Waals surface area (Å²) in [6.45, 7) is 2.34. The highest BCUT2D eigenvalue weighted by Gasteiger charge is 2.11. The Bertz CT molecular complexity index is 1110. The van der Waals surface area contributed by atoms with Crippen LogP contribution in [0.5, 0.6) is 11.5 Å². The van der Waals surface area contributed by atoms with Crippen molar-refractivity contribution in [3.63, 3.8) is 0 Å². The Morgan fingerprint density at radius 1 is 1.00 bits per heavy atom. The van der Waals surface area contributed by atoms with Crippen LogP contribution < -0.4 is 9.47 Å². The van der Waals surface area contributed by atoms with Crippen LogP contribution in [0.1, 0.15) is 39.0 Å². The smallest absolute Gasteiger partial charge is 0.195 e. The van der Waals surface area contributed by atoms with Crippen molar-refractivity contribution in [2.45, 2.75) is 26.4 Å². The molecule has 0 bridgehead atoms. The van der Waals surface area contributed by atoms with Crippen LogP contribution in [0, 0.1) is 0 Å². The Labute approximate surface area is 201 Å². The molecule has 0 aliphatic carbocycles. The summed E-state index contributed by atoms with van der Waals surface area (Å²) in [4.78, 5) is 14.5. The average Bonchev–Trinajstić information content (AvgIpc) is 3.22. The molecule has 0 saturated heterocycles. The summed E-state index contributed by atoms with van der Waals surface area (Å²) in [5.74, 6) is 1.08. The van der Waals surface area contributed by atoms with Crippen molar-refractivity contribution >= 4 is 58.0 Å². The Morgan fingerprint density at radius 2 is 1.77 bits per heavy atom. The van der Waals surface area contributed by atoms with Crippen molar-refractivity contribution in [1.29, 1.82) is 0 Å². The predicted molar refractivity (Wildman–Crippen MR) is 130 cm³/mol. The Kier molecular flexibility index (Phi) is 8.44. The zero-order valence-electron chi connectivity index (χ0n) is 17.1. The summed E-state index contributed by atoms with van der Waals surface area (Å²) >= 11 is 19.8. The van der Waals surface area contributed by atoms with Gasteiger partial charge >= 0.3 is 0 Å². The molecule has 0 N–H and O–H groups in total. The molecular weight excluding hydrogens is 475 g/mol. The van der Waals surface area contributed by atoms with E-state index < -0.39 is 0 Å². The lowest BCUT2D eigenvalue weighted by molar-refractivity contribution is 0.105. The SMILES string of the molecule is CCCc1ccc(C(=O)/C=C/c2ccc(OC)c(COc3cc(Cl)c(Cl)cc3Cl)c2)s1. The van der Waals surface area contributed by atoms with Crippen molar-refractivity contribution in [3.8, 4) is 11.5 Å². The largest absolute Gasteiger partial charge is 0.496 e. The molecule has 0 spiro atoms. The number of hydrogen-bond acceptors (Lipinski definition) is 4. The number of aryl methyl sites for hydroxylation is 1. The third kappa shape index (κ3) is 6.27. The summed E-state index contributed by atoms with van der Waals surface area (Å²) in [6.07, 6.45) is 5.43. The fourth-order valence-corrected chi connectivity index (χ4v) is 4.55. The molecule has 162 valence electrons. The molecule has 0 atom stereocenters. The summed E-state index contributed by atoms with van der Waals surface area (Å²) in [5, 5.41) is 1.09. The van der Waals surface area contributed by atoms with Gasteiger partial charge in [-0.3, -0.25) is 4.79 Å². The number of carbonyl (C=O) groups excluding carboxylic acids is 1. The summed E-state index contributed by atoms with van der Waals surface area (Å²) in [6, 6.07) is 12.7. The van der Waals surface area contributed by atoms with Crippen LogP contribution in [0.3, 0.4) is 0 Å². The van der Waals surface area contributed by atoms with E-state index in [1.165, 1.54) is 4.88 Å². The molecule has 0 radical (unpaired) electrons. The van der Waals surface area contributed by atoms with Gasteiger partial charge in [-0.2, -0.15) is 0 Å². The Balaban J connectivity index is 1.74. The Hall–Kier alpha value is -1.98. The number of carbonyl (C=O) groups is 1. The second-order valence-electron chi connectivity index (χ2n) is 6.77.